The van der Waals surface area contributed by atoms with Crippen LogP contribution in [0.15, 0.2) is 43.5 Å². The number of amides is 1. The van der Waals surface area contributed by atoms with Crippen molar-refractivity contribution < 1.29 is 17.1 Å². The third-order valence-electron chi connectivity index (χ3n) is 2.27. The summed E-state index contributed by atoms with van der Waals surface area (Å²) in [4.78, 5) is 11.8. The van der Waals surface area contributed by atoms with Gasteiger partial charge in [0.25, 0.3) is 5.91 Å². The average Bonchev–Trinajstić information content (AvgIpc) is 2.69. The minimum atomic E-state index is -4.89. The molecule has 1 amide bonds. The van der Waals surface area contributed by atoms with Crippen LogP contribution in [0.2, 0.25) is 0 Å². The van der Waals surface area contributed by atoms with Crippen LogP contribution >= 0.6 is 43.2 Å². The zero-order valence-electron chi connectivity index (χ0n) is 9.56. The van der Waals surface area contributed by atoms with E-state index in [1.807, 2.05) is 0 Å². The number of para-hydroxylation sites is 1. The number of anilines is 1. The zero-order chi connectivity index (χ0) is 14.9. The molecule has 2 rings (SSSR count). The SMILES string of the molecule is O=C(Nc1ccccc1S(=O)(=O)F)c1cc(Br)c(Br)s1. The molecule has 0 unspecified atom stereocenters. The number of benzene rings is 1. The Morgan fingerprint density at radius 1 is 1.25 bits per heavy atom. The normalized spacial score (nSPS) is 11.3. The number of carbonyl (C=O) groups excluding carboxylic acids is 1. The summed E-state index contributed by atoms with van der Waals surface area (Å²) in [5.41, 5.74) is -0.0966. The zero-order valence-corrected chi connectivity index (χ0v) is 14.4. The number of rotatable bonds is 3. The molecule has 9 heteroatoms. The number of hydrogen-bond donors (Lipinski definition) is 1. The highest BCUT2D eigenvalue weighted by atomic mass is 79.9. The van der Waals surface area contributed by atoms with Gasteiger partial charge in [-0.3, -0.25) is 4.79 Å². The van der Waals surface area contributed by atoms with Gasteiger partial charge in [-0.25, -0.2) is 0 Å². The minimum absolute atomic E-state index is 0.0966. The van der Waals surface area contributed by atoms with Crippen LogP contribution in [-0.4, -0.2) is 14.3 Å². The van der Waals surface area contributed by atoms with Crippen LogP contribution in [0.5, 0.6) is 0 Å². The Hall–Kier alpha value is -0.770. The average molecular weight is 443 g/mol. The van der Waals surface area contributed by atoms with Crippen molar-refractivity contribution in [1.82, 2.24) is 0 Å². The third kappa shape index (κ3) is 3.46. The lowest BCUT2D eigenvalue weighted by Gasteiger charge is -2.06. The largest absolute Gasteiger partial charge is 0.334 e. The smallest absolute Gasteiger partial charge is 0.320 e. The van der Waals surface area contributed by atoms with Crippen molar-refractivity contribution in [2.75, 3.05) is 5.32 Å². The van der Waals surface area contributed by atoms with Gasteiger partial charge in [0.05, 0.1) is 14.4 Å². The molecule has 4 nitrogen and oxygen atoms in total. The molecule has 2 aromatic rings. The second kappa shape index (κ2) is 5.92. The van der Waals surface area contributed by atoms with Crippen LogP contribution < -0.4 is 5.32 Å². The summed E-state index contributed by atoms with van der Waals surface area (Å²) in [6, 6.07) is 6.87. The van der Waals surface area contributed by atoms with E-state index in [1.165, 1.54) is 29.5 Å². The fourth-order valence-corrected chi connectivity index (χ4v) is 3.98. The van der Waals surface area contributed by atoms with E-state index >= 15 is 0 Å². The van der Waals surface area contributed by atoms with E-state index in [0.29, 0.717) is 9.35 Å². The van der Waals surface area contributed by atoms with Gasteiger partial charge in [-0.05, 0) is 50.1 Å². The van der Waals surface area contributed by atoms with E-state index in [1.54, 1.807) is 6.07 Å². The van der Waals surface area contributed by atoms with Crippen molar-refractivity contribution in [3.8, 4) is 0 Å². The number of thiophene rings is 1. The van der Waals surface area contributed by atoms with E-state index < -0.39 is 21.0 Å². The van der Waals surface area contributed by atoms with Gasteiger partial charge in [0.15, 0.2) is 0 Å². The topological polar surface area (TPSA) is 63.2 Å². The molecular weight excluding hydrogens is 437 g/mol. The number of hydrogen-bond acceptors (Lipinski definition) is 4. The molecule has 0 aliphatic heterocycles. The highest BCUT2D eigenvalue weighted by Gasteiger charge is 2.19. The van der Waals surface area contributed by atoms with E-state index in [0.717, 1.165) is 9.85 Å². The molecular formula is C11H6Br2FNO3S2. The Kier molecular flexibility index (Phi) is 4.62. The maximum absolute atomic E-state index is 13.1. The van der Waals surface area contributed by atoms with E-state index in [4.69, 9.17) is 0 Å². The molecule has 0 radical (unpaired) electrons. The molecule has 0 saturated heterocycles. The Morgan fingerprint density at radius 3 is 2.45 bits per heavy atom. The Bertz CT molecular complexity index is 754. The predicted molar refractivity (Wildman–Crippen MR) is 82.4 cm³/mol. The Morgan fingerprint density at radius 2 is 1.90 bits per heavy atom. The van der Waals surface area contributed by atoms with Crippen molar-refractivity contribution >= 4 is 65.0 Å². The van der Waals surface area contributed by atoms with Crippen molar-refractivity contribution in [2.45, 2.75) is 4.90 Å². The van der Waals surface area contributed by atoms with E-state index in [2.05, 4.69) is 37.2 Å². The summed E-state index contributed by atoms with van der Waals surface area (Å²) in [6.45, 7) is 0. The standard InChI is InChI=1S/C11H6Br2FNO3S2/c12-6-5-8(19-10(6)13)11(16)15-7-3-1-2-4-9(7)20(14,17)18/h1-5H,(H,15,16). The molecule has 0 spiro atoms. The molecule has 0 fully saturated rings. The van der Waals surface area contributed by atoms with Crippen LogP contribution in [0.3, 0.4) is 0 Å². The minimum Gasteiger partial charge on any atom is -0.320 e. The molecule has 20 heavy (non-hydrogen) atoms. The van der Waals surface area contributed by atoms with Gasteiger partial charge >= 0.3 is 10.2 Å². The Balaban J connectivity index is 2.33. The first-order valence-electron chi connectivity index (χ1n) is 5.09. The quantitative estimate of drug-likeness (QED) is 0.725. The highest BCUT2D eigenvalue weighted by molar-refractivity contribution is 9.13. The summed E-state index contributed by atoms with van der Waals surface area (Å²) in [5, 5.41) is 2.38. The van der Waals surface area contributed by atoms with Crippen LogP contribution in [0.4, 0.5) is 9.57 Å². The number of halogens is 3. The first kappa shape index (κ1) is 15.6. The maximum Gasteiger partial charge on any atom is 0.334 e. The highest BCUT2D eigenvalue weighted by Crippen LogP contribution is 2.33. The maximum atomic E-state index is 13.1. The van der Waals surface area contributed by atoms with Crippen molar-refractivity contribution in [3.63, 3.8) is 0 Å². The monoisotopic (exact) mass is 441 g/mol. The predicted octanol–water partition coefficient (Wildman–Crippen LogP) is 4.18. The van der Waals surface area contributed by atoms with Crippen LogP contribution in [-0.2, 0) is 10.2 Å². The first-order valence-corrected chi connectivity index (χ1v) is 8.87. The molecule has 1 N–H and O–H groups in total. The van der Waals surface area contributed by atoms with Crippen LogP contribution in [0.25, 0.3) is 0 Å². The second-order valence-corrected chi connectivity index (χ2v) is 8.16. The molecule has 106 valence electrons. The summed E-state index contributed by atoms with van der Waals surface area (Å²) < 4.78 is 36.5. The molecule has 0 saturated carbocycles. The first-order chi connectivity index (χ1) is 9.29. The lowest BCUT2D eigenvalue weighted by molar-refractivity contribution is 0.103. The van der Waals surface area contributed by atoms with Gasteiger partial charge < -0.3 is 5.32 Å². The number of carbonyl (C=O) groups is 1. The van der Waals surface area contributed by atoms with Crippen LogP contribution in [0, 0.1) is 0 Å². The fraction of sp³-hybridized carbons (Fsp3) is 0. The van der Waals surface area contributed by atoms with E-state index in [-0.39, 0.29) is 5.69 Å². The molecule has 0 aliphatic rings. The molecule has 0 bridgehead atoms. The molecule has 1 heterocycles. The van der Waals surface area contributed by atoms with Gasteiger partial charge in [-0.15, -0.1) is 15.2 Å². The third-order valence-corrected chi connectivity index (χ3v) is 6.40. The van der Waals surface area contributed by atoms with Crippen LogP contribution in [0.1, 0.15) is 9.67 Å². The molecule has 0 aliphatic carbocycles. The van der Waals surface area contributed by atoms with Crippen molar-refractivity contribution in [2.24, 2.45) is 0 Å². The molecule has 0 atom stereocenters. The Labute approximate surface area is 135 Å². The van der Waals surface area contributed by atoms with Gasteiger partial charge in [0, 0.05) is 4.47 Å². The second-order valence-electron chi connectivity index (χ2n) is 3.62. The fourth-order valence-electron chi connectivity index (χ4n) is 1.42. The summed E-state index contributed by atoms with van der Waals surface area (Å²) in [7, 11) is -4.89. The lowest BCUT2D eigenvalue weighted by atomic mass is 10.3. The number of nitrogens with one attached hydrogen (secondary N) is 1. The summed E-state index contributed by atoms with van der Waals surface area (Å²) >= 11 is 7.67. The summed E-state index contributed by atoms with van der Waals surface area (Å²) in [5.74, 6) is -0.516. The molecule has 1 aromatic carbocycles. The van der Waals surface area contributed by atoms with Crippen molar-refractivity contribution in [3.05, 3.63) is 43.5 Å². The molecule has 1 aromatic heterocycles. The lowest BCUT2D eigenvalue weighted by Crippen LogP contribution is -2.12. The van der Waals surface area contributed by atoms with Gasteiger partial charge in [0.2, 0.25) is 0 Å². The van der Waals surface area contributed by atoms with Gasteiger partial charge in [-0.2, -0.15) is 8.42 Å². The van der Waals surface area contributed by atoms with Gasteiger partial charge in [-0.1, -0.05) is 12.1 Å². The van der Waals surface area contributed by atoms with Crippen molar-refractivity contribution in [1.29, 1.82) is 0 Å². The van der Waals surface area contributed by atoms with E-state index in [9.17, 15) is 17.1 Å². The van der Waals surface area contributed by atoms with Gasteiger partial charge in [0.1, 0.15) is 4.90 Å². The summed E-state index contributed by atoms with van der Waals surface area (Å²) in [6.07, 6.45) is 0.